The van der Waals surface area contributed by atoms with E-state index in [2.05, 4.69) is 15.6 Å². The molecule has 2 aromatic carbocycles. The zero-order valence-corrected chi connectivity index (χ0v) is 16.2. The normalized spacial score (nSPS) is 10.4. The van der Waals surface area contributed by atoms with Gasteiger partial charge < -0.3 is 10.6 Å². The summed E-state index contributed by atoms with van der Waals surface area (Å²) >= 11 is 5.87. The number of carbonyl (C=O) groups is 2. The first-order valence-corrected chi connectivity index (χ1v) is 9.27. The third-order valence-corrected chi connectivity index (χ3v) is 4.47. The molecule has 1 aromatic heterocycles. The highest BCUT2D eigenvalue weighted by atomic mass is 35.5. The van der Waals surface area contributed by atoms with E-state index in [1.54, 1.807) is 18.2 Å². The molecule has 1 heterocycles. The fourth-order valence-electron chi connectivity index (χ4n) is 2.65. The van der Waals surface area contributed by atoms with E-state index in [1.807, 2.05) is 55.5 Å². The number of nitrogens with zero attached hydrogens (tertiary/aromatic N) is 1. The molecule has 28 heavy (non-hydrogen) atoms. The Bertz CT molecular complexity index is 987. The van der Waals surface area contributed by atoms with Gasteiger partial charge in [0.2, 0.25) is 0 Å². The largest absolute Gasteiger partial charge is 0.350 e. The molecule has 0 bridgehead atoms. The molecule has 3 aromatic rings. The molecule has 0 saturated heterocycles. The van der Waals surface area contributed by atoms with E-state index < -0.39 is 0 Å². The van der Waals surface area contributed by atoms with Crippen LogP contribution in [0.5, 0.6) is 0 Å². The molecule has 0 atom stereocenters. The Morgan fingerprint density at radius 1 is 0.893 bits per heavy atom. The maximum absolute atomic E-state index is 12.5. The number of anilines is 1. The lowest BCUT2D eigenvalue weighted by Gasteiger charge is -2.09. The number of pyridine rings is 1. The van der Waals surface area contributed by atoms with Gasteiger partial charge in [0.15, 0.2) is 0 Å². The Labute approximate surface area is 168 Å². The summed E-state index contributed by atoms with van der Waals surface area (Å²) in [7, 11) is 0. The van der Waals surface area contributed by atoms with Gasteiger partial charge in [0, 0.05) is 17.3 Å². The van der Waals surface area contributed by atoms with Gasteiger partial charge in [-0.2, -0.15) is 0 Å². The second-order valence-electron chi connectivity index (χ2n) is 6.31. The maximum Gasteiger partial charge on any atom is 0.274 e. The molecule has 0 aliphatic carbocycles. The number of amides is 2. The predicted octanol–water partition coefficient (Wildman–Crippen LogP) is 4.27. The number of aryl methyl sites for hydroxylation is 1. The Balaban J connectivity index is 1.60. The summed E-state index contributed by atoms with van der Waals surface area (Å²) in [6, 6.07) is 19.8. The lowest BCUT2D eigenvalue weighted by Crippen LogP contribution is -2.27. The topological polar surface area (TPSA) is 71.1 Å². The minimum Gasteiger partial charge on any atom is -0.350 e. The average Bonchev–Trinajstić information content (AvgIpc) is 2.71. The number of para-hydroxylation sites is 1. The Kier molecular flexibility index (Phi) is 6.40. The number of rotatable bonds is 6. The molecular formula is C22H20ClN3O2. The molecule has 6 heteroatoms. The van der Waals surface area contributed by atoms with Gasteiger partial charge in [-0.3, -0.25) is 9.59 Å². The molecule has 0 spiro atoms. The van der Waals surface area contributed by atoms with Crippen molar-refractivity contribution in [2.45, 2.75) is 13.3 Å². The van der Waals surface area contributed by atoms with Crippen molar-refractivity contribution in [3.63, 3.8) is 0 Å². The standard InChI is InChI=1S/C22H20ClN3O2/c1-15-5-2-3-6-18(15)26-22(28)20-8-4-7-19(25-20)21(27)24-14-13-16-9-11-17(23)12-10-16/h2-12H,13-14H2,1H3,(H,24,27)(H,26,28). The second kappa shape index (κ2) is 9.15. The maximum atomic E-state index is 12.5. The number of hydrogen-bond acceptors (Lipinski definition) is 3. The Hall–Kier alpha value is -3.18. The van der Waals surface area contributed by atoms with Crippen LogP contribution in [0.25, 0.3) is 0 Å². The molecule has 0 aliphatic rings. The molecule has 0 aliphatic heterocycles. The van der Waals surface area contributed by atoms with E-state index in [-0.39, 0.29) is 23.2 Å². The highest BCUT2D eigenvalue weighted by molar-refractivity contribution is 6.30. The molecule has 5 nitrogen and oxygen atoms in total. The van der Waals surface area contributed by atoms with E-state index in [4.69, 9.17) is 11.6 Å². The van der Waals surface area contributed by atoms with Gasteiger partial charge in [0.25, 0.3) is 11.8 Å². The van der Waals surface area contributed by atoms with Gasteiger partial charge in [-0.1, -0.05) is 48.0 Å². The smallest absolute Gasteiger partial charge is 0.274 e. The predicted molar refractivity (Wildman–Crippen MR) is 111 cm³/mol. The second-order valence-corrected chi connectivity index (χ2v) is 6.75. The number of benzene rings is 2. The van der Waals surface area contributed by atoms with Crippen molar-refractivity contribution in [3.8, 4) is 0 Å². The van der Waals surface area contributed by atoms with Crippen molar-refractivity contribution in [3.05, 3.63) is 94.3 Å². The minimum atomic E-state index is -0.356. The molecule has 142 valence electrons. The zero-order valence-electron chi connectivity index (χ0n) is 15.4. The van der Waals surface area contributed by atoms with Crippen LogP contribution in [-0.2, 0) is 6.42 Å². The third-order valence-electron chi connectivity index (χ3n) is 4.22. The summed E-state index contributed by atoms with van der Waals surface area (Å²) in [6.07, 6.45) is 0.677. The number of aromatic nitrogens is 1. The lowest BCUT2D eigenvalue weighted by atomic mass is 10.1. The third kappa shape index (κ3) is 5.18. The first-order valence-electron chi connectivity index (χ1n) is 8.89. The van der Waals surface area contributed by atoms with Gasteiger partial charge in [-0.15, -0.1) is 0 Å². The van der Waals surface area contributed by atoms with Crippen LogP contribution in [0.1, 0.15) is 32.1 Å². The summed E-state index contributed by atoms with van der Waals surface area (Å²) in [5.74, 6) is -0.676. The number of nitrogens with one attached hydrogen (secondary N) is 2. The Morgan fingerprint density at radius 3 is 2.29 bits per heavy atom. The first-order chi connectivity index (χ1) is 13.5. The van der Waals surface area contributed by atoms with Crippen LogP contribution in [0, 0.1) is 6.92 Å². The van der Waals surface area contributed by atoms with Crippen molar-refractivity contribution < 1.29 is 9.59 Å². The van der Waals surface area contributed by atoms with Crippen LogP contribution in [0.2, 0.25) is 5.02 Å². The van der Waals surface area contributed by atoms with E-state index in [0.717, 1.165) is 11.1 Å². The average molecular weight is 394 g/mol. The molecule has 0 unspecified atom stereocenters. The lowest BCUT2D eigenvalue weighted by molar-refractivity contribution is 0.0949. The van der Waals surface area contributed by atoms with E-state index >= 15 is 0 Å². The van der Waals surface area contributed by atoms with E-state index in [9.17, 15) is 9.59 Å². The van der Waals surface area contributed by atoms with Crippen molar-refractivity contribution in [2.24, 2.45) is 0 Å². The zero-order chi connectivity index (χ0) is 19.9. The van der Waals surface area contributed by atoms with E-state index in [0.29, 0.717) is 23.7 Å². The van der Waals surface area contributed by atoms with Gasteiger partial charge >= 0.3 is 0 Å². The highest BCUT2D eigenvalue weighted by Crippen LogP contribution is 2.14. The molecule has 0 fully saturated rings. The van der Waals surface area contributed by atoms with Crippen LogP contribution in [0.3, 0.4) is 0 Å². The van der Waals surface area contributed by atoms with Crippen LogP contribution in [-0.4, -0.2) is 23.3 Å². The SMILES string of the molecule is Cc1ccccc1NC(=O)c1cccc(C(=O)NCCc2ccc(Cl)cc2)n1. The molecule has 2 amide bonds. The van der Waals surface area contributed by atoms with E-state index in [1.165, 1.54) is 0 Å². The van der Waals surface area contributed by atoms with Crippen LogP contribution >= 0.6 is 11.6 Å². The fourth-order valence-corrected chi connectivity index (χ4v) is 2.78. The molecule has 0 saturated carbocycles. The van der Waals surface area contributed by atoms with Crippen molar-refractivity contribution in [1.29, 1.82) is 0 Å². The van der Waals surface area contributed by atoms with Gasteiger partial charge in [0.1, 0.15) is 11.4 Å². The van der Waals surface area contributed by atoms with Gasteiger partial charge in [0.05, 0.1) is 0 Å². The van der Waals surface area contributed by atoms with Crippen LogP contribution in [0.4, 0.5) is 5.69 Å². The van der Waals surface area contributed by atoms with Crippen molar-refractivity contribution >= 4 is 29.1 Å². The number of carbonyl (C=O) groups excluding carboxylic acids is 2. The van der Waals surface area contributed by atoms with Gasteiger partial charge in [-0.05, 0) is 54.8 Å². The summed E-state index contributed by atoms with van der Waals surface area (Å²) < 4.78 is 0. The number of halogens is 1. The monoisotopic (exact) mass is 393 g/mol. The van der Waals surface area contributed by atoms with Gasteiger partial charge in [-0.25, -0.2) is 4.98 Å². The minimum absolute atomic E-state index is 0.189. The number of hydrogen-bond donors (Lipinski definition) is 2. The highest BCUT2D eigenvalue weighted by Gasteiger charge is 2.13. The van der Waals surface area contributed by atoms with Crippen LogP contribution < -0.4 is 10.6 Å². The van der Waals surface area contributed by atoms with Crippen molar-refractivity contribution in [1.82, 2.24) is 10.3 Å². The molecule has 2 N–H and O–H groups in total. The summed E-state index contributed by atoms with van der Waals surface area (Å²) in [5, 5.41) is 6.32. The Morgan fingerprint density at radius 2 is 1.57 bits per heavy atom. The molecule has 3 rings (SSSR count). The molecule has 0 radical (unpaired) electrons. The summed E-state index contributed by atoms with van der Waals surface area (Å²) in [6.45, 7) is 2.37. The van der Waals surface area contributed by atoms with Crippen molar-refractivity contribution in [2.75, 3.05) is 11.9 Å². The summed E-state index contributed by atoms with van der Waals surface area (Å²) in [5.41, 5.74) is 3.13. The quantitative estimate of drug-likeness (QED) is 0.657. The fraction of sp³-hybridized carbons (Fsp3) is 0.136. The molecular weight excluding hydrogens is 374 g/mol. The first kappa shape index (κ1) is 19.6. The summed E-state index contributed by atoms with van der Waals surface area (Å²) in [4.78, 5) is 29.0. The van der Waals surface area contributed by atoms with Crippen LogP contribution in [0.15, 0.2) is 66.7 Å².